The van der Waals surface area contributed by atoms with E-state index in [0.717, 1.165) is 81.3 Å². The van der Waals surface area contributed by atoms with Gasteiger partial charge in [0.15, 0.2) is 0 Å². The molecule has 6 rings (SSSR count). The number of carbonyl (C=O) groups excluding carboxylic acids is 1. The number of hydrogen-bond acceptors (Lipinski definition) is 5. The summed E-state index contributed by atoms with van der Waals surface area (Å²) in [5.74, 6) is 1.51. The highest BCUT2D eigenvalue weighted by molar-refractivity contribution is 5.73. The molecule has 8 heteroatoms. The molecule has 2 aliphatic heterocycles. The van der Waals surface area contributed by atoms with Crippen LogP contribution in [0.2, 0.25) is 0 Å². The largest absolute Gasteiger partial charge is 0.573 e. The normalized spacial score (nSPS) is 22.2. The Kier molecular flexibility index (Phi) is 7.26. The molecule has 40 heavy (non-hydrogen) atoms. The third-order valence-corrected chi connectivity index (χ3v) is 9.41. The minimum atomic E-state index is -4.71. The van der Waals surface area contributed by atoms with Gasteiger partial charge in [-0.25, -0.2) is 0 Å². The molecule has 2 saturated carbocycles. The standard InChI is InChI=1S/C32H38F3NO4/c1-20(30(37)38-2)29(23-6-7-23)25-8-5-22-11-12-31(39-28(22)18-25)13-15-36(16-14-31)19-26-17-24(21-3-4-21)9-10-27(26)40-32(33,34)35/h5,8-10,17-18,20-21,23,29H,3-4,6-7,11-16,19H2,1-2H3/t20-,29+/m1/s1. The van der Waals surface area contributed by atoms with E-state index in [-0.39, 0.29) is 29.2 Å². The fourth-order valence-corrected chi connectivity index (χ4v) is 6.81. The molecule has 2 heterocycles. The molecule has 1 spiro atoms. The first-order valence-electron chi connectivity index (χ1n) is 14.6. The van der Waals surface area contributed by atoms with Gasteiger partial charge in [-0.2, -0.15) is 0 Å². The Morgan fingerprint density at radius 2 is 1.82 bits per heavy atom. The van der Waals surface area contributed by atoms with E-state index in [9.17, 15) is 18.0 Å². The number of piperidine rings is 1. The fraction of sp³-hybridized carbons (Fsp3) is 0.594. The molecule has 2 aromatic rings. The minimum Gasteiger partial charge on any atom is -0.487 e. The fourth-order valence-electron chi connectivity index (χ4n) is 6.81. The minimum absolute atomic E-state index is 0.0982. The van der Waals surface area contributed by atoms with E-state index < -0.39 is 6.36 Å². The molecule has 4 aliphatic rings. The summed E-state index contributed by atoms with van der Waals surface area (Å²) in [6.45, 7) is 3.88. The summed E-state index contributed by atoms with van der Waals surface area (Å²) in [7, 11) is 1.45. The van der Waals surface area contributed by atoms with Gasteiger partial charge in [0, 0.05) is 25.2 Å². The van der Waals surface area contributed by atoms with Crippen LogP contribution in [-0.4, -0.2) is 43.0 Å². The summed E-state index contributed by atoms with van der Waals surface area (Å²) in [6.07, 6.45) is 3.23. The molecule has 2 aliphatic carbocycles. The average Bonchev–Trinajstić information content (AvgIpc) is 3.84. The van der Waals surface area contributed by atoms with Crippen LogP contribution in [0.5, 0.6) is 11.5 Å². The van der Waals surface area contributed by atoms with Gasteiger partial charge in [0.1, 0.15) is 17.1 Å². The number of aryl methyl sites for hydroxylation is 1. The van der Waals surface area contributed by atoms with Crippen molar-refractivity contribution in [3.63, 3.8) is 0 Å². The number of rotatable bonds is 8. The van der Waals surface area contributed by atoms with Crippen molar-refractivity contribution in [3.8, 4) is 11.5 Å². The van der Waals surface area contributed by atoms with Gasteiger partial charge < -0.3 is 14.2 Å². The number of methoxy groups -OCH3 is 1. The van der Waals surface area contributed by atoms with Crippen LogP contribution in [0.15, 0.2) is 36.4 Å². The summed E-state index contributed by atoms with van der Waals surface area (Å²) in [6, 6.07) is 11.6. The highest BCUT2D eigenvalue weighted by Gasteiger charge is 2.42. The highest BCUT2D eigenvalue weighted by atomic mass is 19.4. The first-order valence-corrected chi connectivity index (χ1v) is 14.6. The lowest BCUT2D eigenvalue weighted by molar-refractivity contribution is -0.275. The Morgan fingerprint density at radius 3 is 2.48 bits per heavy atom. The second kappa shape index (κ2) is 10.6. The number of hydrogen-bond donors (Lipinski definition) is 0. The number of alkyl halides is 3. The van der Waals surface area contributed by atoms with Crippen LogP contribution in [-0.2, 0) is 22.5 Å². The molecule has 0 radical (unpaired) electrons. The smallest absolute Gasteiger partial charge is 0.487 e. The number of ether oxygens (including phenoxy) is 3. The van der Waals surface area contributed by atoms with Crippen molar-refractivity contribution in [1.29, 1.82) is 0 Å². The molecule has 1 saturated heterocycles. The van der Waals surface area contributed by atoms with Crippen molar-refractivity contribution in [1.82, 2.24) is 4.90 Å². The Hall–Kier alpha value is -2.74. The monoisotopic (exact) mass is 557 g/mol. The lowest BCUT2D eigenvalue weighted by Gasteiger charge is -2.45. The quantitative estimate of drug-likeness (QED) is 0.323. The molecule has 2 atom stereocenters. The summed E-state index contributed by atoms with van der Waals surface area (Å²) in [5, 5.41) is 0. The van der Waals surface area contributed by atoms with Gasteiger partial charge in [0.2, 0.25) is 0 Å². The van der Waals surface area contributed by atoms with Crippen LogP contribution >= 0.6 is 0 Å². The first-order chi connectivity index (χ1) is 19.1. The highest BCUT2D eigenvalue weighted by Crippen LogP contribution is 2.49. The summed E-state index contributed by atoms with van der Waals surface area (Å²) < 4.78 is 55.4. The SMILES string of the molecule is COC(=O)[C@H](C)[C@H](c1ccc2c(c1)OC1(CC2)CCN(Cc2cc(C3CC3)ccc2OC(F)(F)F)CC1)C1CC1. The van der Waals surface area contributed by atoms with Crippen molar-refractivity contribution >= 4 is 5.97 Å². The summed E-state index contributed by atoms with van der Waals surface area (Å²) in [4.78, 5) is 14.6. The van der Waals surface area contributed by atoms with Gasteiger partial charge in [0.25, 0.3) is 0 Å². The number of fused-ring (bicyclic) bond motifs is 1. The molecule has 216 valence electrons. The van der Waals surface area contributed by atoms with E-state index in [1.165, 1.54) is 18.7 Å². The Labute approximate surface area is 234 Å². The molecule has 2 aromatic carbocycles. The number of nitrogens with zero attached hydrogens (tertiary/aromatic N) is 1. The molecule has 0 unspecified atom stereocenters. The van der Waals surface area contributed by atoms with Gasteiger partial charge in [-0.05, 0) is 97.9 Å². The van der Waals surface area contributed by atoms with Gasteiger partial charge in [-0.15, -0.1) is 13.2 Å². The number of halogens is 3. The number of esters is 1. The second-order valence-corrected chi connectivity index (χ2v) is 12.3. The summed E-state index contributed by atoms with van der Waals surface area (Å²) in [5.41, 5.74) is 3.77. The lowest BCUT2D eigenvalue weighted by atomic mass is 9.80. The summed E-state index contributed by atoms with van der Waals surface area (Å²) >= 11 is 0. The van der Waals surface area contributed by atoms with Gasteiger partial charge in [-0.3, -0.25) is 9.69 Å². The third-order valence-electron chi connectivity index (χ3n) is 9.41. The second-order valence-electron chi connectivity index (χ2n) is 12.3. The van der Waals surface area contributed by atoms with E-state index in [2.05, 4.69) is 27.8 Å². The van der Waals surface area contributed by atoms with E-state index in [1.54, 1.807) is 6.07 Å². The van der Waals surface area contributed by atoms with Crippen LogP contribution in [0.3, 0.4) is 0 Å². The maximum atomic E-state index is 13.1. The predicted octanol–water partition coefficient (Wildman–Crippen LogP) is 7.13. The van der Waals surface area contributed by atoms with Crippen molar-refractivity contribution in [3.05, 3.63) is 58.7 Å². The molecule has 5 nitrogen and oxygen atoms in total. The lowest BCUT2D eigenvalue weighted by Crippen LogP contribution is -2.49. The number of carbonyl (C=O) groups is 1. The van der Waals surface area contributed by atoms with Crippen LogP contribution in [0, 0.1) is 11.8 Å². The number of likely N-dealkylation sites (tertiary alicyclic amines) is 1. The zero-order chi connectivity index (χ0) is 28.1. The molecule has 0 N–H and O–H groups in total. The van der Waals surface area contributed by atoms with E-state index in [1.807, 2.05) is 13.0 Å². The zero-order valence-corrected chi connectivity index (χ0v) is 23.3. The molecule has 3 fully saturated rings. The van der Waals surface area contributed by atoms with Crippen molar-refractivity contribution in [2.45, 2.75) is 88.6 Å². The number of benzene rings is 2. The molecule has 0 bridgehead atoms. The van der Waals surface area contributed by atoms with Crippen LogP contribution in [0.4, 0.5) is 13.2 Å². The maximum absolute atomic E-state index is 13.1. The molecule has 0 amide bonds. The Bertz CT molecular complexity index is 1250. The molecule has 0 aromatic heterocycles. The van der Waals surface area contributed by atoms with E-state index >= 15 is 0 Å². The predicted molar refractivity (Wildman–Crippen MR) is 144 cm³/mol. The average molecular weight is 558 g/mol. The van der Waals surface area contributed by atoms with Gasteiger partial charge in [0.05, 0.1) is 13.0 Å². The van der Waals surface area contributed by atoms with E-state index in [4.69, 9.17) is 9.47 Å². The Morgan fingerprint density at radius 1 is 1.07 bits per heavy atom. The maximum Gasteiger partial charge on any atom is 0.573 e. The zero-order valence-electron chi connectivity index (χ0n) is 23.3. The molecular formula is C32H38F3NO4. The Balaban J connectivity index is 1.14. The van der Waals surface area contributed by atoms with E-state index in [0.29, 0.717) is 23.9 Å². The topological polar surface area (TPSA) is 48.0 Å². The van der Waals surface area contributed by atoms with Crippen molar-refractivity contribution in [2.75, 3.05) is 20.2 Å². The van der Waals surface area contributed by atoms with Crippen molar-refractivity contribution in [2.24, 2.45) is 11.8 Å². The third kappa shape index (κ3) is 5.97. The first kappa shape index (κ1) is 27.4. The van der Waals surface area contributed by atoms with Crippen LogP contribution in [0.1, 0.15) is 86.0 Å². The molecular weight excluding hydrogens is 519 g/mol. The van der Waals surface area contributed by atoms with Crippen molar-refractivity contribution < 1.29 is 32.2 Å². The van der Waals surface area contributed by atoms with Gasteiger partial charge >= 0.3 is 12.3 Å². The van der Waals surface area contributed by atoms with Gasteiger partial charge in [-0.1, -0.05) is 31.2 Å². The van der Waals surface area contributed by atoms with Crippen LogP contribution in [0.25, 0.3) is 0 Å². The van der Waals surface area contributed by atoms with Crippen LogP contribution < -0.4 is 9.47 Å².